The third kappa shape index (κ3) is 3.62. The largest absolute Gasteiger partial charge is 0.298 e. The first-order chi connectivity index (χ1) is 10.8. The van der Waals surface area contributed by atoms with Crippen molar-refractivity contribution < 1.29 is 0 Å². The molecule has 1 aromatic heterocycles. The number of nitrogens with one attached hydrogen (secondary N) is 1. The molecule has 0 bridgehead atoms. The highest BCUT2D eigenvalue weighted by Crippen LogP contribution is 2.15. The maximum Gasteiger partial charge on any atom is 0.278 e. The molecule has 3 rings (SSSR count). The molecular formula is C17H15N3OS. The molecule has 0 saturated carbocycles. The molecule has 0 aliphatic heterocycles. The SMILES string of the molecule is O=c1[nH]c(SCCc2ccccc2)nnc1-c1ccccc1. The van der Waals surface area contributed by atoms with Gasteiger partial charge in [-0.2, -0.15) is 0 Å². The minimum absolute atomic E-state index is 0.205. The van der Waals surface area contributed by atoms with Crippen molar-refractivity contribution in [2.75, 3.05) is 5.75 Å². The van der Waals surface area contributed by atoms with E-state index in [1.54, 1.807) is 0 Å². The predicted octanol–water partition coefficient (Wildman–Crippen LogP) is 3.17. The van der Waals surface area contributed by atoms with Gasteiger partial charge in [-0.3, -0.25) is 9.78 Å². The summed E-state index contributed by atoms with van der Waals surface area (Å²) in [4.78, 5) is 14.9. The van der Waals surface area contributed by atoms with E-state index >= 15 is 0 Å². The molecule has 0 aliphatic carbocycles. The molecule has 0 radical (unpaired) electrons. The summed E-state index contributed by atoms with van der Waals surface area (Å²) in [6.07, 6.45) is 0.926. The summed E-state index contributed by atoms with van der Waals surface area (Å²) < 4.78 is 0. The lowest BCUT2D eigenvalue weighted by Crippen LogP contribution is -2.14. The van der Waals surface area contributed by atoms with Crippen molar-refractivity contribution in [2.45, 2.75) is 11.6 Å². The van der Waals surface area contributed by atoms with Crippen LogP contribution in [0.5, 0.6) is 0 Å². The van der Waals surface area contributed by atoms with Gasteiger partial charge in [0.05, 0.1) is 0 Å². The van der Waals surface area contributed by atoms with Crippen LogP contribution in [0.3, 0.4) is 0 Å². The Morgan fingerprint density at radius 1 is 0.909 bits per heavy atom. The minimum Gasteiger partial charge on any atom is -0.298 e. The number of rotatable bonds is 5. The Hall–Kier alpha value is -2.40. The lowest BCUT2D eigenvalue weighted by atomic mass is 10.2. The van der Waals surface area contributed by atoms with Crippen LogP contribution in [0, 0.1) is 0 Å². The van der Waals surface area contributed by atoms with Crippen LogP contribution in [0.1, 0.15) is 5.56 Å². The molecule has 0 unspecified atom stereocenters. The van der Waals surface area contributed by atoms with Crippen molar-refractivity contribution in [3.63, 3.8) is 0 Å². The van der Waals surface area contributed by atoms with Gasteiger partial charge in [0.15, 0.2) is 10.9 Å². The van der Waals surface area contributed by atoms with Gasteiger partial charge in [0.2, 0.25) is 0 Å². The Morgan fingerprint density at radius 2 is 1.59 bits per heavy atom. The minimum atomic E-state index is -0.205. The molecule has 22 heavy (non-hydrogen) atoms. The van der Waals surface area contributed by atoms with Crippen molar-refractivity contribution in [2.24, 2.45) is 0 Å². The number of aromatic amines is 1. The van der Waals surface area contributed by atoms with E-state index in [1.807, 2.05) is 48.5 Å². The Balaban J connectivity index is 1.66. The Labute approximate surface area is 132 Å². The zero-order valence-electron chi connectivity index (χ0n) is 11.9. The molecule has 110 valence electrons. The van der Waals surface area contributed by atoms with E-state index in [1.165, 1.54) is 17.3 Å². The van der Waals surface area contributed by atoms with E-state index in [0.29, 0.717) is 10.9 Å². The Kier molecular flexibility index (Phi) is 4.65. The van der Waals surface area contributed by atoms with E-state index in [2.05, 4.69) is 27.3 Å². The first kappa shape index (κ1) is 14.5. The van der Waals surface area contributed by atoms with Crippen LogP contribution < -0.4 is 5.56 Å². The van der Waals surface area contributed by atoms with E-state index in [9.17, 15) is 4.79 Å². The lowest BCUT2D eigenvalue weighted by molar-refractivity contribution is 0.823. The topological polar surface area (TPSA) is 58.6 Å². The third-order valence-electron chi connectivity index (χ3n) is 3.20. The lowest BCUT2D eigenvalue weighted by Gasteiger charge is -2.02. The second kappa shape index (κ2) is 7.04. The van der Waals surface area contributed by atoms with Crippen molar-refractivity contribution in [1.29, 1.82) is 0 Å². The van der Waals surface area contributed by atoms with Gasteiger partial charge >= 0.3 is 0 Å². The quantitative estimate of drug-likeness (QED) is 0.736. The zero-order valence-corrected chi connectivity index (χ0v) is 12.7. The number of nitrogens with zero attached hydrogens (tertiary/aromatic N) is 2. The van der Waals surface area contributed by atoms with Crippen molar-refractivity contribution >= 4 is 11.8 Å². The summed E-state index contributed by atoms with van der Waals surface area (Å²) in [5.41, 5.74) is 2.19. The van der Waals surface area contributed by atoms with Crippen molar-refractivity contribution in [1.82, 2.24) is 15.2 Å². The third-order valence-corrected chi connectivity index (χ3v) is 4.06. The van der Waals surface area contributed by atoms with Crippen LogP contribution in [-0.2, 0) is 6.42 Å². The fourth-order valence-corrected chi connectivity index (χ4v) is 2.88. The molecule has 0 fully saturated rings. The molecule has 0 amide bonds. The van der Waals surface area contributed by atoms with E-state index in [0.717, 1.165) is 17.7 Å². The molecule has 4 nitrogen and oxygen atoms in total. The highest BCUT2D eigenvalue weighted by molar-refractivity contribution is 7.99. The summed E-state index contributed by atoms with van der Waals surface area (Å²) in [5, 5.41) is 8.72. The average molecular weight is 309 g/mol. The molecule has 0 atom stereocenters. The van der Waals surface area contributed by atoms with Crippen LogP contribution in [0.25, 0.3) is 11.3 Å². The normalized spacial score (nSPS) is 10.5. The molecular weight excluding hydrogens is 294 g/mol. The number of aromatic nitrogens is 3. The van der Waals surface area contributed by atoms with Crippen LogP contribution in [-0.4, -0.2) is 20.9 Å². The Bertz CT molecular complexity index is 788. The fourth-order valence-electron chi connectivity index (χ4n) is 2.08. The van der Waals surface area contributed by atoms with Crippen molar-refractivity contribution in [3.8, 4) is 11.3 Å². The first-order valence-electron chi connectivity index (χ1n) is 7.02. The summed E-state index contributed by atoms with van der Waals surface area (Å²) >= 11 is 1.50. The van der Waals surface area contributed by atoms with Gasteiger partial charge in [0.1, 0.15) is 0 Å². The molecule has 1 heterocycles. The highest BCUT2D eigenvalue weighted by Gasteiger charge is 2.07. The number of H-pyrrole nitrogens is 1. The van der Waals surface area contributed by atoms with Gasteiger partial charge in [-0.05, 0) is 12.0 Å². The molecule has 1 N–H and O–H groups in total. The number of hydrogen-bond acceptors (Lipinski definition) is 4. The predicted molar refractivity (Wildman–Crippen MR) is 89.0 cm³/mol. The van der Waals surface area contributed by atoms with Gasteiger partial charge in [-0.15, -0.1) is 10.2 Å². The summed E-state index contributed by atoms with van der Waals surface area (Å²) in [6.45, 7) is 0. The molecule has 0 spiro atoms. The number of hydrogen-bond donors (Lipinski definition) is 1. The molecule has 0 aliphatic rings. The van der Waals surface area contributed by atoms with Crippen LogP contribution in [0.4, 0.5) is 0 Å². The van der Waals surface area contributed by atoms with Crippen LogP contribution in [0.2, 0.25) is 0 Å². The molecule has 3 aromatic rings. The van der Waals surface area contributed by atoms with Crippen molar-refractivity contribution in [3.05, 3.63) is 76.6 Å². The van der Waals surface area contributed by atoms with Crippen LogP contribution in [0.15, 0.2) is 70.6 Å². The monoisotopic (exact) mass is 309 g/mol. The summed E-state index contributed by atoms with van der Waals surface area (Å²) in [7, 11) is 0. The van der Waals surface area contributed by atoms with Gasteiger partial charge in [0, 0.05) is 11.3 Å². The standard InChI is InChI=1S/C17H15N3OS/c21-16-15(14-9-5-2-6-10-14)19-20-17(18-16)22-12-11-13-7-3-1-4-8-13/h1-10H,11-12H2,(H,18,20,21). The average Bonchev–Trinajstić information content (AvgIpc) is 2.57. The number of benzene rings is 2. The van der Waals surface area contributed by atoms with Gasteiger partial charge in [-0.25, -0.2) is 0 Å². The maximum atomic E-state index is 12.1. The molecule has 0 saturated heterocycles. The smallest absolute Gasteiger partial charge is 0.278 e. The summed E-state index contributed by atoms with van der Waals surface area (Å²) in [5.74, 6) is 0.847. The van der Waals surface area contributed by atoms with Gasteiger partial charge in [0.25, 0.3) is 5.56 Å². The number of thioether (sulfide) groups is 1. The van der Waals surface area contributed by atoms with E-state index in [-0.39, 0.29) is 5.56 Å². The zero-order chi connectivity index (χ0) is 15.2. The molecule has 5 heteroatoms. The second-order valence-electron chi connectivity index (χ2n) is 4.76. The van der Waals surface area contributed by atoms with Gasteiger partial charge < -0.3 is 0 Å². The van der Waals surface area contributed by atoms with E-state index < -0.39 is 0 Å². The Morgan fingerprint density at radius 3 is 2.27 bits per heavy atom. The fraction of sp³-hybridized carbons (Fsp3) is 0.118. The van der Waals surface area contributed by atoms with Crippen LogP contribution >= 0.6 is 11.8 Å². The maximum absolute atomic E-state index is 12.1. The molecule has 2 aromatic carbocycles. The number of aryl methyl sites for hydroxylation is 1. The second-order valence-corrected chi connectivity index (χ2v) is 5.84. The van der Waals surface area contributed by atoms with Gasteiger partial charge in [-0.1, -0.05) is 72.4 Å². The summed E-state index contributed by atoms with van der Waals surface area (Å²) in [6, 6.07) is 19.6. The first-order valence-corrected chi connectivity index (χ1v) is 8.00. The highest BCUT2D eigenvalue weighted by atomic mass is 32.2. The van der Waals surface area contributed by atoms with E-state index in [4.69, 9.17) is 0 Å².